The smallest absolute Gasteiger partial charge is 0.106 e. The summed E-state index contributed by atoms with van der Waals surface area (Å²) in [6.07, 6.45) is 65.6. The van der Waals surface area contributed by atoms with Gasteiger partial charge < -0.3 is 45.5 Å². The lowest BCUT2D eigenvalue weighted by Gasteiger charge is -2.30. The van der Waals surface area contributed by atoms with E-state index in [2.05, 4.69) is 81.2 Å². The number of nitrogens with zero attached hydrogens (tertiary/aromatic N) is 3. The fraction of sp³-hybridized carbons (Fsp3) is 1.00. The Kier molecular flexibility index (Phi) is 78.7. The zero-order valence-corrected chi connectivity index (χ0v) is 64.7. The van der Waals surface area contributed by atoms with Crippen LogP contribution in [0.4, 0.5) is 0 Å². The molecule has 0 aromatic heterocycles. The fourth-order valence-electron chi connectivity index (χ4n) is 13.3. The Morgan fingerprint density at radius 3 is 0.505 bits per heavy atom. The first-order valence-electron chi connectivity index (χ1n) is 42.6. The van der Waals surface area contributed by atoms with Crippen molar-refractivity contribution < 1.29 is 25.5 Å². The average Bonchev–Trinajstić information content (AvgIpc) is 3.51. The van der Waals surface area contributed by atoms with Gasteiger partial charge in [0.15, 0.2) is 0 Å². The zero-order valence-electron chi connectivity index (χ0n) is 64.7. The summed E-state index contributed by atoms with van der Waals surface area (Å²) in [4.78, 5) is 7.35. The van der Waals surface area contributed by atoms with Gasteiger partial charge in [-0.1, -0.05) is 324 Å². The number of nitrogens with one attached hydrogen (secondary N) is 6. The Hall–Kier alpha value is -0.560. The van der Waals surface area contributed by atoms with Crippen LogP contribution in [0.15, 0.2) is 0 Å². The lowest BCUT2D eigenvalue weighted by atomic mass is 10.1. The number of hydrogen-bond donors (Lipinski definition) is 11. The molecule has 572 valence electrons. The van der Waals surface area contributed by atoms with Gasteiger partial charge >= 0.3 is 0 Å². The molecule has 0 amide bonds. The summed E-state index contributed by atoms with van der Waals surface area (Å²) in [5.41, 5.74) is 0. The molecule has 0 fully saturated rings. The maximum Gasteiger partial charge on any atom is 0.106 e. The summed E-state index contributed by atoms with van der Waals surface area (Å²) < 4.78 is 0. The minimum atomic E-state index is -0.560. The lowest BCUT2D eigenvalue weighted by molar-refractivity contribution is 0.0817. The van der Waals surface area contributed by atoms with E-state index in [0.29, 0.717) is 32.1 Å². The quantitative estimate of drug-likeness (QED) is 0.0204. The van der Waals surface area contributed by atoms with E-state index in [1.807, 2.05) is 0 Å². The first-order valence-corrected chi connectivity index (χ1v) is 42.6. The van der Waals surface area contributed by atoms with Crippen molar-refractivity contribution in [1.29, 1.82) is 0 Å². The molecule has 0 aromatic carbocycles. The fourth-order valence-corrected chi connectivity index (χ4v) is 13.3. The van der Waals surface area contributed by atoms with Gasteiger partial charge in [0.25, 0.3) is 0 Å². The molecule has 0 aliphatic carbocycles. The molecule has 14 nitrogen and oxygen atoms in total. The van der Waals surface area contributed by atoms with Crippen LogP contribution < -0.4 is 31.9 Å². The number of aliphatic hydroxyl groups excluding tert-OH is 5. The Labute approximate surface area is 592 Å². The van der Waals surface area contributed by atoms with E-state index >= 15 is 0 Å². The summed E-state index contributed by atoms with van der Waals surface area (Å²) in [5.74, 6) is 0. The molecule has 0 bridgehead atoms. The van der Waals surface area contributed by atoms with E-state index < -0.39 is 31.1 Å². The van der Waals surface area contributed by atoms with Crippen LogP contribution in [-0.4, -0.2) is 176 Å². The van der Waals surface area contributed by atoms with Gasteiger partial charge in [-0.3, -0.25) is 26.6 Å². The number of hydrogen-bond acceptors (Lipinski definition) is 14. The van der Waals surface area contributed by atoms with Gasteiger partial charge in [0, 0.05) is 72.0 Å². The second kappa shape index (κ2) is 79.1. The SMILES string of the molecule is CCCCCCCCCCCCNC(O)CCN(CCNCCN(CCC(O)NCCCCCCCCCCCC)CCN(CCC(O)NCCCCCCCCCCCC)CCC(O)NCCCCCCCCCCCC)CCC(O)NCCCCCCCCCCCC. The third-order valence-electron chi connectivity index (χ3n) is 20.1. The first-order chi connectivity index (χ1) is 46.7. The third kappa shape index (κ3) is 74.5. The maximum atomic E-state index is 11.3. The first kappa shape index (κ1) is 94.4. The minimum Gasteiger partial charge on any atom is -0.379 e. The van der Waals surface area contributed by atoms with E-state index in [4.69, 9.17) is 0 Å². The molecule has 11 N–H and O–H groups in total. The highest BCUT2D eigenvalue weighted by atomic mass is 16.3. The van der Waals surface area contributed by atoms with E-state index in [1.165, 1.54) is 289 Å². The van der Waals surface area contributed by atoms with Crippen molar-refractivity contribution >= 4 is 0 Å². The summed E-state index contributed by atoms with van der Waals surface area (Å²) in [7, 11) is 0. The highest BCUT2D eigenvalue weighted by molar-refractivity contribution is 4.72. The molecule has 0 aromatic rings. The molecule has 0 radical (unpaired) electrons. The minimum absolute atomic E-state index is 0.543. The van der Waals surface area contributed by atoms with Gasteiger partial charge in [-0.2, -0.15) is 0 Å². The van der Waals surface area contributed by atoms with Crippen molar-refractivity contribution in [3.05, 3.63) is 0 Å². The standard InChI is InChI=1S/C81H173N9O5/c1-6-11-16-21-26-31-36-41-46-51-61-83-77(91)56-68-88(69-57-78(92)84-62-52-47-42-37-32-27-22-17-12-7-2)73-66-82-67-74-90(72-60-81(95)87-65-55-50-45-40-35-30-25-20-15-10-5)76-75-89(70-58-79(93)85-63-53-48-43-38-33-28-23-18-13-8-3)71-59-80(94)86-64-54-49-44-39-34-29-24-19-14-9-4/h77-87,91-95H,6-76H2,1-5H3. The molecule has 0 saturated heterocycles. The molecule has 0 aliphatic rings. The zero-order chi connectivity index (χ0) is 69.1. The Balaban J connectivity index is 5.82. The normalized spacial score (nSPS) is 13.7. The van der Waals surface area contributed by atoms with E-state index in [1.54, 1.807) is 0 Å². The second-order valence-corrected chi connectivity index (χ2v) is 29.5. The maximum absolute atomic E-state index is 11.3. The Morgan fingerprint density at radius 2 is 0.326 bits per heavy atom. The van der Waals surface area contributed by atoms with Crippen molar-refractivity contribution in [2.45, 2.75) is 419 Å². The topological polar surface area (TPSA) is 183 Å². The van der Waals surface area contributed by atoms with Crippen molar-refractivity contribution in [2.75, 3.05) is 105 Å². The molecule has 0 rings (SSSR count). The van der Waals surface area contributed by atoms with Crippen molar-refractivity contribution in [2.24, 2.45) is 0 Å². The van der Waals surface area contributed by atoms with Crippen molar-refractivity contribution in [1.82, 2.24) is 46.6 Å². The molecule has 0 aliphatic heterocycles. The predicted molar refractivity (Wildman–Crippen MR) is 415 cm³/mol. The van der Waals surface area contributed by atoms with Crippen LogP contribution in [0.3, 0.4) is 0 Å². The summed E-state index contributed by atoms with van der Waals surface area (Å²) in [5, 5.41) is 76.9. The van der Waals surface area contributed by atoms with Crippen LogP contribution in [-0.2, 0) is 0 Å². The molecule has 0 heterocycles. The van der Waals surface area contributed by atoms with Crippen LogP contribution in [0.1, 0.15) is 388 Å². The molecule has 14 heteroatoms. The third-order valence-corrected chi connectivity index (χ3v) is 20.1. The van der Waals surface area contributed by atoms with Crippen LogP contribution in [0.25, 0.3) is 0 Å². The summed E-state index contributed by atoms with van der Waals surface area (Å²) >= 11 is 0. The van der Waals surface area contributed by atoms with Gasteiger partial charge in [0.05, 0.1) is 0 Å². The highest BCUT2D eigenvalue weighted by Gasteiger charge is 2.17. The van der Waals surface area contributed by atoms with Crippen LogP contribution in [0.2, 0.25) is 0 Å². The predicted octanol–water partition coefficient (Wildman–Crippen LogP) is 17.6. The van der Waals surface area contributed by atoms with Crippen molar-refractivity contribution in [3.63, 3.8) is 0 Å². The van der Waals surface area contributed by atoms with Gasteiger partial charge in [-0.25, -0.2) is 0 Å². The Bertz CT molecular complexity index is 1340. The molecule has 5 atom stereocenters. The van der Waals surface area contributed by atoms with Crippen LogP contribution in [0, 0.1) is 0 Å². The van der Waals surface area contributed by atoms with Crippen LogP contribution >= 0.6 is 0 Å². The number of aliphatic hydroxyl groups is 5. The van der Waals surface area contributed by atoms with Gasteiger partial charge in [-0.05, 0) is 96.9 Å². The second-order valence-electron chi connectivity index (χ2n) is 29.5. The molecule has 5 unspecified atom stereocenters. The van der Waals surface area contributed by atoms with E-state index in [9.17, 15) is 25.5 Å². The number of rotatable bonds is 84. The highest BCUT2D eigenvalue weighted by Crippen LogP contribution is 2.16. The molecular formula is C81H173N9O5. The van der Waals surface area contributed by atoms with Gasteiger partial charge in [0.1, 0.15) is 31.1 Å². The van der Waals surface area contributed by atoms with E-state index in [0.717, 1.165) is 137 Å². The van der Waals surface area contributed by atoms with Crippen molar-refractivity contribution in [3.8, 4) is 0 Å². The van der Waals surface area contributed by atoms with Gasteiger partial charge in [-0.15, -0.1) is 0 Å². The average molecular weight is 1350 g/mol. The summed E-state index contributed by atoms with van der Waals surface area (Å²) in [6.45, 7) is 24.3. The van der Waals surface area contributed by atoms with Crippen LogP contribution in [0.5, 0.6) is 0 Å². The molecule has 0 saturated carbocycles. The molecular weight excluding hydrogens is 1180 g/mol. The van der Waals surface area contributed by atoms with Gasteiger partial charge in [0.2, 0.25) is 0 Å². The molecule has 0 spiro atoms. The largest absolute Gasteiger partial charge is 0.379 e. The van der Waals surface area contributed by atoms with E-state index in [-0.39, 0.29) is 0 Å². The summed E-state index contributed by atoms with van der Waals surface area (Å²) in [6, 6.07) is 0. The molecule has 95 heavy (non-hydrogen) atoms. The lowest BCUT2D eigenvalue weighted by Crippen LogP contribution is -2.44. The Morgan fingerprint density at radius 1 is 0.179 bits per heavy atom. The number of unbranched alkanes of at least 4 members (excludes halogenated alkanes) is 45. The monoisotopic (exact) mass is 1350 g/mol.